The van der Waals surface area contributed by atoms with Crippen molar-refractivity contribution in [2.45, 2.75) is 25.3 Å². The Labute approximate surface area is 189 Å². The van der Waals surface area contributed by atoms with Crippen molar-refractivity contribution in [3.05, 3.63) is 69.5 Å². The van der Waals surface area contributed by atoms with Gasteiger partial charge in [-0.15, -0.1) is 22.7 Å². The Hall–Kier alpha value is -2.61. The number of thiazole rings is 1. The highest BCUT2D eigenvalue weighted by Crippen LogP contribution is 2.27. The minimum Gasteiger partial charge on any atom is -0.348 e. The van der Waals surface area contributed by atoms with Crippen molar-refractivity contribution in [3.8, 4) is 11.3 Å². The Balaban J connectivity index is 1.37. The lowest BCUT2D eigenvalue weighted by atomic mass is 10.0. The Morgan fingerprint density at radius 2 is 2.00 bits per heavy atom. The molecule has 0 radical (unpaired) electrons. The van der Waals surface area contributed by atoms with Gasteiger partial charge in [0.1, 0.15) is 5.69 Å². The summed E-state index contributed by atoms with van der Waals surface area (Å²) in [5.41, 5.74) is 7.75. The Morgan fingerprint density at radius 3 is 2.74 bits per heavy atom. The predicted molar refractivity (Wildman–Crippen MR) is 128 cm³/mol. The molecule has 1 amide bonds. The smallest absolute Gasteiger partial charge is 0.270 e. The maximum Gasteiger partial charge on any atom is 0.270 e. The first kappa shape index (κ1) is 20.3. The summed E-state index contributed by atoms with van der Waals surface area (Å²) >= 11 is 3.29. The SMILES string of the molecule is CN1CCC(NC(=O)c2cc(Cc3ccc(-c4cscn4)cc3)c3sccc3n2)CC1. The van der Waals surface area contributed by atoms with Gasteiger partial charge in [-0.1, -0.05) is 24.3 Å². The van der Waals surface area contributed by atoms with Crippen LogP contribution in [-0.4, -0.2) is 47.0 Å². The van der Waals surface area contributed by atoms with Crippen molar-refractivity contribution in [2.75, 3.05) is 20.1 Å². The molecule has 5 nitrogen and oxygen atoms in total. The molecule has 0 spiro atoms. The molecule has 4 heterocycles. The fourth-order valence-corrected chi connectivity index (χ4v) is 5.46. The molecule has 0 saturated carbocycles. The summed E-state index contributed by atoms with van der Waals surface area (Å²) < 4.78 is 1.15. The lowest BCUT2D eigenvalue weighted by Crippen LogP contribution is -2.43. The molecular weight excluding hydrogens is 424 g/mol. The van der Waals surface area contributed by atoms with Crippen LogP contribution in [0.3, 0.4) is 0 Å². The number of hydrogen-bond donors (Lipinski definition) is 1. The molecule has 0 unspecified atom stereocenters. The van der Waals surface area contributed by atoms with E-state index in [4.69, 9.17) is 0 Å². The van der Waals surface area contributed by atoms with Gasteiger partial charge in [0.25, 0.3) is 5.91 Å². The van der Waals surface area contributed by atoms with Gasteiger partial charge in [-0.3, -0.25) is 4.79 Å². The van der Waals surface area contributed by atoms with E-state index in [0.717, 1.165) is 59.4 Å². The summed E-state index contributed by atoms with van der Waals surface area (Å²) in [6, 6.07) is 12.7. The summed E-state index contributed by atoms with van der Waals surface area (Å²) in [4.78, 5) is 24.3. The molecule has 1 aliphatic rings. The third kappa shape index (κ3) is 4.54. The number of nitrogens with zero attached hydrogens (tertiary/aromatic N) is 3. The van der Waals surface area contributed by atoms with Crippen molar-refractivity contribution in [2.24, 2.45) is 0 Å². The molecular formula is C24H24N4OS2. The first-order valence-electron chi connectivity index (χ1n) is 10.5. The number of likely N-dealkylation sites (tertiary alicyclic amines) is 1. The van der Waals surface area contributed by atoms with Crippen LogP contribution in [-0.2, 0) is 6.42 Å². The van der Waals surface area contributed by atoms with E-state index in [1.54, 1.807) is 22.7 Å². The second kappa shape index (κ2) is 8.86. The quantitative estimate of drug-likeness (QED) is 0.475. The summed E-state index contributed by atoms with van der Waals surface area (Å²) in [7, 11) is 2.12. The third-order valence-electron chi connectivity index (χ3n) is 5.85. The van der Waals surface area contributed by atoms with E-state index in [0.29, 0.717) is 5.69 Å². The zero-order chi connectivity index (χ0) is 21.2. The highest BCUT2D eigenvalue weighted by Gasteiger charge is 2.21. The number of carbonyl (C=O) groups is 1. The van der Waals surface area contributed by atoms with Crippen LogP contribution in [0.2, 0.25) is 0 Å². The fourth-order valence-electron chi connectivity index (χ4n) is 4.05. The number of fused-ring (bicyclic) bond motifs is 1. The van der Waals surface area contributed by atoms with E-state index < -0.39 is 0 Å². The van der Waals surface area contributed by atoms with Crippen LogP contribution in [0.4, 0.5) is 0 Å². The van der Waals surface area contributed by atoms with Gasteiger partial charge in [0.15, 0.2) is 0 Å². The Morgan fingerprint density at radius 1 is 1.19 bits per heavy atom. The van der Waals surface area contributed by atoms with Crippen molar-refractivity contribution in [1.29, 1.82) is 0 Å². The number of pyridine rings is 1. The minimum atomic E-state index is -0.0669. The molecule has 1 N–H and O–H groups in total. The minimum absolute atomic E-state index is 0.0669. The van der Waals surface area contributed by atoms with E-state index in [1.165, 1.54) is 5.56 Å². The van der Waals surface area contributed by atoms with Gasteiger partial charge in [0, 0.05) is 17.0 Å². The van der Waals surface area contributed by atoms with Crippen LogP contribution < -0.4 is 5.32 Å². The fraction of sp³-hybridized carbons (Fsp3) is 0.292. The number of rotatable bonds is 5. The zero-order valence-electron chi connectivity index (χ0n) is 17.4. The van der Waals surface area contributed by atoms with Gasteiger partial charge in [-0.25, -0.2) is 9.97 Å². The molecule has 7 heteroatoms. The molecule has 31 heavy (non-hydrogen) atoms. The van der Waals surface area contributed by atoms with Crippen molar-refractivity contribution in [1.82, 2.24) is 20.2 Å². The molecule has 1 saturated heterocycles. The van der Waals surface area contributed by atoms with E-state index in [-0.39, 0.29) is 11.9 Å². The maximum absolute atomic E-state index is 13.0. The monoisotopic (exact) mass is 448 g/mol. The van der Waals surface area contributed by atoms with Crippen molar-refractivity contribution in [3.63, 3.8) is 0 Å². The molecule has 0 bridgehead atoms. The second-order valence-corrected chi connectivity index (χ2v) is 9.73. The average molecular weight is 449 g/mol. The lowest BCUT2D eigenvalue weighted by molar-refractivity contribution is 0.0912. The maximum atomic E-state index is 13.0. The molecule has 1 aliphatic heterocycles. The predicted octanol–water partition coefficient (Wildman–Crippen LogP) is 4.83. The number of piperidine rings is 1. The van der Waals surface area contributed by atoms with Crippen LogP contribution in [0.1, 0.15) is 34.5 Å². The van der Waals surface area contributed by atoms with Crippen molar-refractivity contribution < 1.29 is 4.79 Å². The lowest BCUT2D eigenvalue weighted by Gasteiger charge is -2.29. The summed E-state index contributed by atoms with van der Waals surface area (Å²) in [5, 5.41) is 7.30. The Bertz CT molecular complexity index is 1180. The molecule has 1 fully saturated rings. The van der Waals surface area contributed by atoms with E-state index in [9.17, 15) is 4.79 Å². The third-order valence-corrected chi connectivity index (χ3v) is 7.42. The highest BCUT2D eigenvalue weighted by molar-refractivity contribution is 7.17. The van der Waals surface area contributed by atoms with Crippen molar-refractivity contribution >= 4 is 38.8 Å². The number of thiophene rings is 1. The van der Waals surface area contributed by atoms with E-state index >= 15 is 0 Å². The van der Waals surface area contributed by atoms with Crippen LogP contribution in [0.5, 0.6) is 0 Å². The normalized spacial score (nSPS) is 15.4. The van der Waals surface area contributed by atoms with Gasteiger partial charge >= 0.3 is 0 Å². The van der Waals surface area contributed by atoms with Gasteiger partial charge in [0.05, 0.1) is 21.4 Å². The van der Waals surface area contributed by atoms with E-state index in [2.05, 4.69) is 56.9 Å². The molecule has 3 aromatic heterocycles. The largest absolute Gasteiger partial charge is 0.348 e. The highest BCUT2D eigenvalue weighted by atomic mass is 32.1. The molecule has 0 atom stereocenters. The van der Waals surface area contributed by atoms with Gasteiger partial charge in [-0.05, 0) is 68.0 Å². The molecule has 5 rings (SSSR count). The number of carbonyl (C=O) groups excluding carboxylic acids is 1. The number of benzene rings is 1. The van der Waals surface area contributed by atoms with Gasteiger partial charge < -0.3 is 10.2 Å². The molecule has 4 aromatic rings. The topological polar surface area (TPSA) is 58.1 Å². The summed E-state index contributed by atoms with van der Waals surface area (Å²) in [6.07, 6.45) is 2.74. The van der Waals surface area contributed by atoms with Gasteiger partial charge in [0.2, 0.25) is 0 Å². The van der Waals surface area contributed by atoms with Crippen LogP contribution in [0, 0.1) is 0 Å². The first-order chi connectivity index (χ1) is 15.2. The summed E-state index contributed by atoms with van der Waals surface area (Å²) in [6.45, 7) is 2.04. The van der Waals surface area contributed by atoms with Gasteiger partial charge in [-0.2, -0.15) is 0 Å². The first-order valence-corrected chi connectivity index (χ1v) is 12.3. The Kier molecular flexibility index (Phi) is 5.80. The van der Waals surface area contributed by atoms with Crippen LogP contribution in [0.15, 0.2) is 52.7 Å². The standard InChI is InChI=1S/C24H24N4OS2/c1-28-9-6-19(7-10-28)26-24(29)21-13-18(23-20(27-21)8-11-31-23)12-16-2-4-17(5-3-16)22-14-30-15-25-22/h2-5,8,11,13-15,19H,6-7,9-10,12H2,1H3,(H,26,29). The molecule has 0 aliphatic carbocycles. The zero-order valence-corrected chi connectivity index (χ0v) is 19.0. The number of amides is 1. The second-order valence-electron chi connectivity index (χ2n) is 8.10. The van der Waals surface area contributed by atoms with Crippen LogP contribution in [0.25, 0.3) is 21.5 Å². The number of aromatic nitrogens is 2. The van der Waals surface area contributed by atoms with Crippen LogP contribution >= 0.6 is 22.7 Å². The number of hydrogen-bond acceptors (Lipinski definition) is 6. The average Bonchev–Trinajstić information content (AvgIpc) is 3.48. The van der Waals surface area contributed by atoms with E-state index in [1.807, 2.05) is 23.0 Å². The number of nitrogens with one attached hydrogen (secondary N) is 1. The molecule has 158 valence electrons. The summed E-state index contributed by atoms with van der Waals surface area (Å²) in [5.74, 6) is -0.0669. The molecule has 1 aromatic carbocycles.